The Kier molecular flexibility index (Phi) is 4.41. The highest BCUT2D eigenvalue weighted by atomic mass is 32.1. The number of para-hydroxylation sites is 1. The topological polar surface area (TPSA) is 53.8 Å². The van der Waals surface area contributed by atoms with E-state index in [2.05, 4.69) is 22.3 Å². The van der Waals surface area contributed by atoms with Gasteiger partial charge in [0, 0.05) is 13.1 Å². The SMILES string of the molecule is Cn1/c(=N/N=C/c2ccc[n+](CCO)c2)sc2ccccc21. The standard InChI is InChI=1S/C16H17N4OS/c1-19-14-6-2-3-7-15(14)22-16(19)18-17-11-13-5-4-8-20(12-13)9-10-21/h2-8,11-12,21H,9-10H2,1H3/q+1/b17-11+,18-16-. The smallest absolute Gasteiger partial charge is 0.211 e. The number of aliphatic hydroxyl groups excluding tert-OH is 1. The molecule has 0 fully saturated rings. The van der Waals surface area contributed by atoms with Gasteiger partial charge in [0.25, 0.3) is 0 Å². The zero-order chi connectivity index (χ0) is 15.4. The molecule has 0 unspecified atom stereocenters. The molecule has 3 aromatic rings. The summed E-state index contributed by atoms with van der Waals surface area (Å²) in [5.74, 6) is 0. The Hall–Kier alpha value is -2.31. The summed E-state index contributed by atoms with van der Waals surface area (Å²) in [4.78, 5) is 0.858. The Balaban J connectivity index is 1.89. The van der Waals surface area contributed by atoms with Crippen LogP contribution in [0.5, 0.6) is 0 Å². The molecule has 0 bridgehead atoms. The first-order chi connectivity index (χ1) is 10.8. The summed E-state index contributed by atoms with van der Waals surface area (Å²) in [6.07, 6.45) is 5.56. The van der Waals surface area contributed by atoms with Gasteiger partial charge in [0.05, 0.1) is 22.0 Å². The zero-order valence-electron chi connectivity index (χ0n) is 12.3. The molecule has 0 aliphatic rings. The van der Waals surface area contributed by atoms with Crippen molar-refractivity contribution in [2.75, 3.05) is 6.61 Å². The Morgan fingerprint density at radius 2 is 2.14 bits per heavy atom. The number of hydrogen-bond acceptors (Lipinski definition) is 4. The van der Waals surface area contributed by atoms with Crippen LogP contribution in [0.15, 0.2) is 59.0 Å². The predicted octanol–water partition coefficient (Wildman–Crippen LogP) is 1.45. The molecular weight excluding hydrogens is 296 g/mol. The Labute approximate surface area is 132 Å². The number of fused-ring (bicyclic) bond motifs is 1. The van der Waals surface area contributed by atoms with Gasteiger partial charge in [0.15, 0.2) is 18.9 Å². The molecule has 2 heterocycles. The van der Waals surface area contributed by atoms with E-state index in [1.165, 1.54) is 4.70 Å². The van der Waals surface area contributed by atoms with E-state index in [1.54, 1.807) is 17.6 Å². The summed E-state index contributed by atoms with van der Waals surface area (Å²) in [5, 5.41) is 17.4. The summed E-state index contributed by atoms with van der Waals surface area (Å²) >= 11 is 1.61. The van der Waals surface area contributed by atoms with Crippen molar-refractivity contribution in [1.29, 1.82) is 0 Å². The lowest BCUT2D eigenvalue weighted by molar-refractivity contribution is -0.698. The molecule has 0 aliphatic heterocycles. The molecule has 2 aromatic heterocycles. The Morgan fingerprint density at radius 3 is 2.95 bits per heavy atom. The molecule has 0 atom stereocenters. The third kappa shape index (κ3) is 3.13. The number of aromatic nitrogens is 2. The number of nitrogens with zero attached hydrogens (tertiary/aromatic N) is 4. The van der Waals surface area contributed by atoms with Gasteiger partial charge in [-0.25, -0.2) is 4.57 Å². The molecule has 6 heteroatoms. The van der Waals surface area contributed by atoms with Crippen molar-refractivity contribution in [2.45, 2.75) is 6.54 Å². The monoisotopic (exact) mass is 313 g/mol. The van der Waals surface area contributed by atoms with Crippen LogP contribution < -0.4 is 9.37 Å². The van der Waals surface area contributed by atoms with Crippen LogP contribution in [0.2, 0.25) is 0 Å². The molecule has 3 rings (SSSR count). The molecule has 0 spiro atoms. The highest BCUT2D eigenvalue weighted by Crippen LogP contribution is 2.14. The summed E-state index contributed by atoms with van der Waals surface area (Å²) in [6, 6.07) is 12.1. The summed E-state index contributed by atoms with van der Waals surface area (Å²) in [5.41, 5.74) is 2.10. The minimum Gasteiger partial charge on any atom is -0.390 e. The summed E-state index contributed by atoms with van der Waals surface area (Å²) in [6.45, 7) is 0.692. The number of aliphatic hydroxyl groups is 1. The first-order valence-corrected chi connectivity index (χ1v) is 7.81. The highest BCUT2D eigenvalue weighted by molar-refractivity contribution is 7.16. The quantitative estimate of drug-likeness (QED) is 0.442. The minimum absolute atomic E-state index is 0.118. The maximum atomic E-state index is 8.96. The molecule has 112 valence electrons. The Bertz CT molecular complexity index is 879. The fraction of sp³-hybridized carbons (Fsp3) is 0.188. The molecule has 1 aromatic carbocycles. The van der Waals surface area contributed by atoms with Crippen LogP contribution in [0.1, 0.15) is 5.56 Å². The van der Waals surface area contributed by atoms with Crippen molar-refractivity contribution in [3.8, 4) is 0 Å². The average Bonchev–Trinajstić information content (AvgIpc) is 2.85. The van der Waals surface area contributed by atoms with Crippen LogP contribution >= 0.6 is 11.3 Å². The van der Waals surface area contributed by atoms with Crippen molar-refractivity contribution < 1.29 is 9.67 Å². The number of aryl methyl sites for hydroxylation is 1. The fourth-order valence-electron chi connectivity index (χ4n) is 2.20. The van der Waals surface area contributed by atoms with E-state index in [9.17, 15) is 0 Å². The van der Waals surface area contributed by atoms with E-state index < -0.39 is 0 Å². The van der Waals surface area contributed by atoms with Crippen molar-refractivity contribution in [3.05, 3.63) is 59.2 Å². The largest absolute Gasteiger partial charge is 0.390 e. The number of pyridine rings is 1. The van der Waals surface area contributed by atoms with Gasteiger partial charge in [-0.1, -0.05) is 23.5 Å². The van der Waals surface area contributed by atoms with E-state index in [0.717, 1.165) is 15.9 Å². The van der Waals surface area contributed by atoms with Gasteiger partial charge in [-0.3, -0.25) is 0 Å². The number of hydrogen-bond donors (Lipinski definition) is 1. The number of thiazole rings is 1. The van der Waals surface area contributed by atoms with Crippen LogP contribution in [-0.4, -0.2) is 22.5 Å². The molecule has 0 saturated heterocycles. The van der Waals surface area contributed by atoms with Crippen LogP contribution in [0.4, 0.5) is 0 Å². The second-order valence-corrected chi connectivity index (χ2v) is 5.86. The third-order valence-corrected chi connectivity index (χ3v) is 4.41. The van der Waals surface area contributed by atoms with E-state index in [1.807, 2.05) is 52.8 Å². The third-order valence-electron chi connectivity index (χ3n) is 3.30. The number of rotatable bonds is 4. The van der Waals surface area contributed by atoms with Gasteiger partial charge in [-0.2, -0.15) is 5.10 Å². The summed E-state index contributed by atoms with van der Waals surface area (Å²) in [7, 11) is 1.99. The second kappa shape index (κ2) is 6.64. The van der Waals surface area contributed by atoms with Gasteiger partial charge >= 0.3 is 0 Å². The van der Waals surface area contributed by atoms with Crippen molar-refractivity contribution in [3.63, 3.8) is 0 Å². The number of benzene rings is 1. The van der Waals surface area contributed by atoms with Crippen molar-refractivity contribution in [2.24, 2.45) is 17.3 Å². The zero-order valence-corrected chi connectivity index (χ0v) is 13.1. The van der Waals surface area contributed by atoms with Gasteiger partial charge in [0.2, 0.25) is 4.80 Å². The van der Waals surface area contributed by atoms with E-state index in [4.69, 9.17) is 5.11 Å². The lowest BCUT2D eigenvalue weighted by Gasteiger charge is -1.94. The average molecular weight is 313 g/mol. The van der Waals surface area contributed by atoms with Crippen LogP contribution in [0, 0.1) is 0 Å². The maximum Gasteiger partial charge on any atom is 0.211 e. The van der Waals surface area contributed by atoms with Crippen LogP contribution in [0.3, 0.4) is 0 Å². The normalized spacial score (nSPS) is 12.5. The molecule has 5 nitrogen and oxygen atoms in total. The van der Waals surface area contributed by atoms with Gasteiger partial charge in [-0.05, 0) is 18.2 Å². The lowest BCUT2D eigenvalue weighted by Crippen LogP contribution is -2.34. The predicted molar refractivity (Wildman–Crippen MR) is 87.7 cm³/mol. The summed E-state index contributed by atoms with van der Waals surface area (Å²) < 4.78 is 5.15. The first-order valence-electron chi connectivity index (χ1n) is 6.99. The molecule has 22 heavy (non-hydrogen) atoms. The van der Waals surface area contributed by atoms with Crippen LogP contribution in [0.25, 0.3) is 10.2 Å². The molecule has 0 radical (unpaired) electrons. The van der Waals surface area contributed by atoms with Crippen LogP contribution in [-0.2, 0) is 13.6 Å². The maximum absolute atomic E-state index is 8.96. The van der Waals surface area contributed by atoms with E-state index in [-0.39, 0.29) is 6.61 Å². The lowest BCUT2D eigenvalue weighted by atomic mass is 10.3. The molecule has 0 aliphatic carbocycles. The van der Waals surface area contributed by atoms with Gasteiger partial charge in [0.1, 0.15) is 6.61 Å². The molecule has 0 amide bonds. The van der Waals surface area contributed by atoms with Crippen molar-refractivity contribution in [1.82, 2.24) is 4.57 Å². The van der Waals surface area contributed by atoms with Gasteiger partial charge < -0.3 is 9.67 Å². The molecular formula is C16H17N4OS+. The second-order valence-electron chi connectivity index (χ2n) is 4.85. The molecule has 0 saturated carbocycles. The molecule has 1 N–H and O–H groups in total. The first kappa shape index (κ1) is 14.6. The van der Waals surface area contributed by atoms with E-state index in [0.29, 0.717) is 6.54 Å². The minimum atomic E-state index is 0.118. The highest BCUT2D eigenvalue weighted by Gasteiger charge is 2.01. The van der Waals surface area contributed by atoms with E-state index >= 15 is 0 Å². The fourth-order valence-corrected chi connectivity index (χ4v) is 3.17. The van der Waals surface area contributed by atoms with Gasteiger partial charge in [-0.15, -0.1) is 5.10 Å². The Morgan fingerprint density at radius 1 is 1.27 bits per heavy atom. The van der Waals surface area contributed by atoms with Crippen molar-refractivity contribution >= 4 is 27.8 Å².